The van der Waals surface area contributed by atoms with E-state index < -0.39 is 0 Å². The van der Waals surface area contributed by atoms with Crippen LogP contribution in [-0.4, -0.2) is 71.1 Å². The van der Waals surface area contributed by atoms with E-state index in [4.69, 9.17) is 0 Å². The zero-order valence-electron chi connectivity index (χ0n) is 14.4. The third kappa shape index (κ3) is 3.25. The first kappa shape index (κ1) is 17.2. The van der Waals surface area contributed by atoms with Gasteiger partial charge in [-0.3, -0.25) is 24.1 Å². The zero-order valence-corrected chi connectivity index (χ0v) is 15.2. The molecule has 0 bridgehead atoms. The Balaban J connectivity index is 1.26. The Morgan fingerprint density at radius 2 is 1.69 bits per heavy atom. The molecule has 8 heteroatoms. The summed E-state index contributed by atoms with van der Waals surface area (Å²) < 4.78 is 0. The van der Waals surface area contributed by atoms with Gasteiger partial charge in [-0.25, -0.2) is 0 Å². The second kappa shape index (κ2) is 6.83. The Labute approximate surface area is 155 Å². The number of amides is 4. The predicted molar refractivity (Wildman–Crippen MR) is 94.3 cm³/mol. The van der Waals surface area contributed by atoms with E-state index >= 15 is 0 Å². The van der Waals surface area contributed by atoms with Crippen molar-refractivity contribution in [2.75, 3.05) is 32.7 Å². The summed E-state index contributed by atoms with van der Waals surface area (Å²) in [5.74, 6) is -0.148. The lowest BCUT2D eigenvalue weighted by Gasteiger charge is -2.35. The fraction of sp³-hybridized carbons (Fsp3) is 0.556. The molecule has 0 aromatic carbocycles. The van der Waals surface area contributed by atoms with Gasteiger partial charge in [0.2, 0.25) is 23.6 Å². The summed E-state index contributed by atoms with van der Waals surface area (Å²) >= 11 is 1.70. The van der Waals surface area contributed by atoms with Gasteiger partial charge in [-0.2, -0.15) is 0 Å². The standard InChI is InChI=1S/C18H21N3O4S/c22-15-3-4-16(23)21(15)11-17(24)19-5-7-20(8-6-19)18(25)13-10-12(13)14-2-1-9-26-14/h1-2,9,12-13H,3-8,10-11H2. The maximum absolute atomic E-state index is 12.6. The normalized spacial score (nSPS) is 25.8. The van der Waals surface area contributed by atoms with Crippen LogP contribution in [0.25, 0.3) is 0 Å². The minimum atomic E-state index is -0.273. The van der Waals surface area contributed by atoms with Gasteiger partial charge in [-0.15, -0.1) is 11.3 Å². The van der Waals surface area contributed by atoms with Crippen molar-refractivity contribution in [1.29, 1.82) is 0 Å². The van der Waals surface area contributed by atoms with Crippen LogP contribution in [-0.2, 0) is 19.2 Å². The molecule has 0 spiro atoms. The number of carbonyl (C=O) groups is 4. The first-order valence-corrected chi connectivity index (χ1v) is 9.85. The predicted octanol–water partition coefficient (Wildman–Crippen LogP) is 0.671. The monoisotopic (exact) mass is 375 g/mol. The first-order valence-electron chi connectivity index (χ1n) is 8.98. The number of imide groups is 1. The summed E-state index contributed by atoms with van der Waals surface area (Å²) in [5.41, 5.74) is 0. The van der Waals surface area contributed by atoms with Gasteiger partial charge in [0.25, 0.3) is 0 Å². The van der Waals surface area contributed by atoms with Gasteiger partial charge in [-0.05, 0) is 17.9 Å². The van der Waals surface area contributed by atoms with E-state index in [0.717, 1.165) is 11.3 Å². The smallest absolute Gasteiger partial charge is 0.242 e. The lowest BCUT2D eigenvalue weighted by molar-refractivity contribution is -0.147. The largest absolute Gasteiger partial charge is 0.339 e. The maximum atomic E-state index is 12.6. The highest BCUT2D eigenvalue weighted by Gasteiger charge is 2.46. The van der Waals surface area contributed by atoms with Crippen molar-refractivity contribution in [3.63, 3.8) is 0 Å². The van der Waals surface area contributed by atoms with Gasteiger partial charge in [0.1, 0.15) is 6.54 Å². The molecule has 1 aromatic heterocycles. The summed E-state index contributed by atoms with van der Waals surface area (Å²) in [7, 11) is 0. The molecular weight excluding hydrogens is 354 g/mol. The minimum absolute atomic E-state index is 0.0794. The Morgan fingerprint density at radius 1 is 1.04 bits per heavy atom. The van der Waals surface area contributed by atoms with Crippen LogP contribution in [0.3, 0.4) is 0 Å². The molecule has 2 aliphatic heterocycles. The number of piperazine rings is 1. The van der Waals surface area contributed by atoms with Crippen LogP contribution in [0.5, 0.6) is 0 Å². The van der Waals surface area contributed by atoms with Crippen molar-refractivity contribution in [2.24, 2.45) is 5.92 Å². The molecule has 138 valence electrons. The van der Waals surface area contributed by atoms with Crippen molar-refractivity contribution in [3.8, 4) is 0 Å². The fourth-order valence-electron chi connectivity index (χ4n) is 3.73. The molecule has 26 heavy (non-hydrogen) atoms. The molecular formula is C18H21N3O4S. The summed E-state index contributed by atoms with van der Waals surface area (Å²) in [6.45, 7) is 1.77. The Hall–Kier alpha value is -2.22. The van der Waals surface area contributed by atoms with E-state index in [1.165, 1.54) is 4.88 Å². The summed E-state index contributed by atoms with van der Waals surface area (Å²) in [5, 5.41) is 2.04. The van der Waals surface area contributed by atoms with Crippen LogP contribution in [0, 0.1) is 5.92 Å². The Morgan fingerprint density at radius 3 is 2.31 bits per heavy atom. The number of nitrogens with zero attached hydrogens (tertiary/aromatic N) is 3. The molecule has 1 saturated carbocycles. The minimum Gasteiger partial charge on any atom is -0.339 e. The van der Waals surface area contributed by atoms with E-state index in [0.29, 0.717) is 32.1 Å². The van der Waals surface area contributed by atoms with Crippen molar-refractivity contribution < 1.29 is 19.2 Å². The third-order valence-corrected chi connectivity index (χ3v) is 6.41. The molecule has 1 aliphatic carbocycles. The van der Waals surface area contributed by atoms with Gasteiger partial charge >= 0.3 is 0 Å². The molecule has 4 amide bonds. The highest BCUT2D eigenvalue weighted by Crippen LogP contribution is 2.50. The second-order valence-electron chi connectivity index (χ2n) is 7.04. The van der Waals surface area contributed by atoms with E-state index in [-0.39, 0.29) is 48.9 Å². The van der Waals surface area contributed by atoms with E-state index in [2.05, 4.69) is 6.07 Å². The van der Waals surface area contributed by atoms with Gasteiger partial charge in [0, 0.05) is 55.7 Å². The number of thiophene rings is 1. The third-order valence-electron chi connectivity index (χ3n) is 5.41. The maximum Gasteiger partial charge on any atom is 0.242 e. The van der Waals surface area contributed by atoms with Crippen LogP contribution >= 0.6 is 11.3 Å². The summed E-state index contributed by atoms with van der Waals surface area (Å²) in [4.78, 5) is 54.1. The van der Waals surface area contributed by atoms with E-state index in [9.17, 15) is 19.2 Å². The average Bonchev–Trinajstić information content (AvgIpc) is 3.14. The Bertz CT molecular complexity index is 724. The number of hydrogen-bond acceptors (Lipinski definition) is 5. The molecule has 3 heterocycles. The average molecular weight is 375 g/mol. The fourth-order valence-corrected chi connectivity index (χ4v) is 4.64. The number of likely N-dealkylation sites (tertiary alicyclic amines) is 1. The first-order chi connectivity index (χ1) is 12.5. The topological polar surface area (TPSA) is 78.0 Å². The molecule has 7 nitrogen and oxygen atoms in total. The lowest BCUT2D eigenvalue weighted by Crippen LogP contribution is -2.53. The number of hydrogen-bond donors (Lipinski definition) is 0. The summed E-state index contributed by atoms with van der Waals surface area (Å²) in [6.07, 6.45) is 1.31. The van der Waals surface area contributed by atoms with Gasteiger partial charge in [0.05, 0.1) is 0 Å². The van der Waals surface area contributed by atoms with E-state index in [1.807, 2.05) is 16.3 Å². The van der Waals surface area contributed by atoms with Crippen LogP contribution in [0.1, 0.15) is 30.1 Å². The molecule has 3 fully saturated rings. The van der Waals surface area contributed by atoms with Crippen molar-refractivity contribution in [3.05, 3.63) is 22.4 Å². The van der Waals surface area contributed by atoms with Crippen LogP contribution < -0.4 is 0 Å². The number of carbonyl (C=O) groups excluding carboxylic acids is 4. The van der Waals surface area contributed by atoms with Crippen molar-refractivity contribution in [2.45, 2.75) is 25.2 Å². The highest BCUT2D eigenvalue weighted by molar-refractivity contribution is 7.10. The zero-order chi connectivity index (χ0) is 18.3. The second-order valence-corrected chi connectivity index (χ2v) is 8.02. The Kier molecular flexibility index (Phi) is 4.52. The molecule has 0 radical (unpaired) electrons. The molecule has 0 N–H and O–H groups in total. The summed E-state index contributed by atoms with van der Waals surface area (Å²) in [6, 6.07) is 4.10. The quantitative estimate of drug-likeness (QED) is 0.725. The van der Waals surface area contributed by atoms with E-state index in [1.54, 1.807) is 16.2 Å². The van der Waals surface area contributed by atoms with Crippen LogP contribution in [0.4, 0.5) is 0 Å². The molecule has 2 atom stereocenters. The van der Waals surface area contributed by atoms with Crippen LogP contribution in [0.2, 0.25) is 0 Å². The molecule has 4 rings (SSSR count). The van der Waals surface area contributed by atoms with Crippen molar-refractivity contribution in [1.82, 2.24) is 14.7 Å². The molecule has 2 unspecified atom stereocenters. The molecule has 2 saturated heterocycles. The number of rotatable bonds is 4. The highest BCUT2D eigenvalue weighted by atomic mass is 32.1. The lowest BCUT2D eigenvalue weighted by atomic mass is 10.2. The van der Waals surface area contributed by atoms with Crippen LogP contribution in [0.15, 0.2) is 17.5 Å². The molecule has 1 aromatic rings. The van der Waals surface area contributed by atoms with Gasteiger partial charge in [-0.1, -0.05) is 6.07 Å². The molecule has 3 aliphatic rings. The van der Waals surface area contributed by atoms with Gasteiger partial charge in [0.15, 0.2) is 0 Å². The van der Waals surface area contributed by atoms with Crippen molar-refractivity contribution >= 4 is 35.0 Å². The van der Waals surface area contributed by atoms with Gasteiger partial charge < -0.3 is 9.80 Å². The SMILES string of the molecule is O=C(CN1C(=O)CCC1=O)N1CCN(C(=O)C2CC2c2cccs2)CC1.